The van der Waals surface area contributed by atoms with Crippen LogP contribution in [0.3, 0.4) is 0 Å². The fraction of sp³-hybridized carbons (Fsp3) is 0.0769. The van der Waals surface area contributed by atoms with E-state index in [1.165, 1.54) is 0 Å². The molecule has 1 aromatic carbocycles. The highest BCUT2D eigenvalue weighted by molar-refractivity contribution is 6.03. The Morgan fingerprint density at radius 1 is 1.22 bits per heavy atom. The predicted molar refractivity (Wildman–Crippen MR) is 69.0 cm³/mol. The summed E-state index contributed by atoms with van der Waals surface area (Å²) in [6.45, 7) is -0.0228. The molecule has 0 aliphatic carbocycles. The Morgan fingerprint density at radius 2 is 1.94 bits per heavy atom. The van der Waals surface area contributed by atoms with Gasteiger partial charge in [-0.25, -0.2) is 4.98 Å². The molecule has 0 radical (unpaired) electrons. The van der Waals surface area contributed by atoms with Gasteiger partial charge in [0.2, 0.25) is 0 Å². The molecule has 0 bridgehead atoms. The first kappa shape index (κ1) is 12.1. The highest BCUT2D eigenvalue weighted by Crippen LogP contribution is 2.11. The Labute approximate surface area is 104 Å². The fourth-order valence-electron chi connectivity index (χ4n) is 1.47. The monoisotopic (exact) mass is 243 g/mol. The highest BCUT2D eigenvalue weighted by atomic mass is 16.3. The van der Waals surface area contributed by atoms with E-state index in [1.807, 2.05) is 0 Å². The van der Waals surface area contributed by atoms with E-state index in [9.17, 15) is 4.79 Å². The molecule has 2 rings (SSSR count). The van der Waals surface area contributed by atoms with Gasteiger partial charge in [-0.2, -0.15) is 0 Å². The first-order chi connectivity index (χ1) is 8.69. The number of nitrogens with two attached hydrogens (primary N) is 1. The minimum Gasteiger partial charge on any atom is -0.392 e. The Hall–Kier alpha value is -2.40. The van der Waals surface area contributed by atoms with Gasteiger partial charge >= 0.3 is 0 Å². The number of rotatable bonds is 3. The summed E-state index contributed by atoms with van der Waals surface area (Å²) in [5, 5.41) is 11.6. The molecule has 0 spiro atoms. The van der Waals surface area contributed by atoms with E-state index in [0.29, 0.717) is 11.5 Å². The van der Waals surface area contributed by atoms with Crippen LogP contribution < -0.4 is 11.1 Å². The van der Waals surface area contributed by atoms with Crippen LogP contribution in [0.4, 0.5) is 11.5 Å². The molecule has 0 saturated carbocycles. The van der Waals surface area contributed by atoms with Crippen LogP contribution in [-0.4, -0.2) is 16.0 Å². The predicted octanol–water partition coefficient (Wildman–Crippen LogP) is 1.41. The van der Waals surface area contributed by atoms with Crippen LogP contribution in [0.25, 0.3) is 0 Å². The van der Waals surface area contributed by atoms with Crippen molar-refractivity contribution < 1.29 is 9.90 Å². The lowest BCUT2D eigenvalue weighted by Crippen LogP contribution is -2.14. The molecule has 0 fully saturated rings. The molecule has 1 aromatic heterocycles. The van der Waals surface area contributed by atoms with E-state index in [4.69, 9.17) is 10.8 Å². The van der Waals surface area contributed by atoms with Crippen molar-refractivity contribution in [2.75, 3.05) is 11.1 Å². The lowest BCUT2D eigenvalue weighted by atomic mass is 10.2. The summed E-state index contributed by atoms with van der Waals surface area (Å²) in [4.78, 5) is 15.8. The third kappa shape index (κ3) is 2.83. The number of nitrogens with one attached hydrogen (secondary N) is 1. The van der Waals surface area contributed by atoms with Crippen molar-refractivity contribution in [1.29, 1.82) is 0 Å². The zero-order valence-electron chi connectivity index (χ0n) is 9.63. The molecule has 0 saturated heterocycles. The van der Waals surface area contributed by atoms with E-state index in [2.05, 4.69) is 10.3 Å². The highest BCUT2D eigenvalue weighted by Gasteiger charge is 2.07. The second-order valence-electron chi connectivity index (χ2n) is 3.76. The van der Waals surface area contributed by atoms with Crippen molar-refractivity contribution in [2.45, 2.75) is 6.61 Å². The van der Waals surface area contributed by atoms with Crippen molar-refractivity contribution in [1.82, 2.24) is 4.98 Å². The molecule has 1 amide bonds. The van der Waals surface area contributed by atoms with Gasteiger partial charge in [0.25, 0.3) is 5.91 Å². The third-order valence-electron chi connectivity index (χ3n) is 2.40. The van der Waals surface area contributed by atoms with Crippen molar-refractivity contribution >= 4 is 17.4 Å². The van der Waals surface area contributed by atoms with Crippen LogP contribution >= 0.6 is 0 Å². The van der Waals surface area contributed by atoms with Crippen molar-refractivity contribution in [3.05, 3.63) is 53.7 Å². The normalized spacial score (nSPS) is 10.1. The van der Waals surface area contributed by atoms with Gasteiger partial charge in [-0.15, -0.1) is 0 Å². The Kier molecular flexibility index (Phi) is 3.54. The molecular formula is C13H13N3O2. The number of hydrogen-bond acceptors (Lipinski definition) is 4. The minimum absolute atomic E-state index is 0.0228. The maximum absolute atomic E-state index is 11.8. The maximum atomic E-state index is 11.8. The molecule has 18 heavy (non-hydrogen) atoms. The minimum atomic E-state index is -0.320. The van der Waals surface area contributed by atoms with Gasteiger partial charge < -0.3 is 16.2 Å². The number of carbonyl (C=O) groups excluding carboxylic acids is 1. The van der Waals surface area contributed by atoms with Crippen molar-refractivity contribution in [2.24, 2.45) is 0 Å². The summed E-state index contributed by atoms with van der Waals surface area (Å²) in [5.41, 5.74) is 7.20. The molecule has 0 unspecified atom stereocenters. The molecule has 5 heteroatoms. The molecular weight excluding hydrogens is 230 g/mol. The number of carbonyl (C=O) groups is 1. The molecule has 0 atom stereocenters. The van der Waals surface area contributed by atoms with Crippen LogP contribution in [0.15, 0.2) is 42.5 Å². The number of hydrogen-bond donors (Lipinski definition) is 3. The van der Waals surface area contributed by atoms with Crippen LogP contribution in [0, 0.1) is 0 Å². The molecule has 4 N–H and O–H groups in total. The Balaban J connectivity index is 2.11. The quantitative estimate of drug-likeness (QED) is 0.760. The van der Waals surface area contributed by atoms with E-state index in [-0.39, 0.29) is 18.2 Å². The smallest absolute Gasteiger partial charge is 0.274 e. The second kappa shape index (κ2) is 5.29. The fourth-order valence-corrected chi connectivity index (χ4v) is 1.47. The average molecular weight is 243 g/mol. The first-order valence-corrected chi connectivity index (χ1v) is 5.43. The summed E-state index contributed by atoms with van der Waals surface area (Å²) in [6, 6.07) is 11.8. The maximum Gasteiger partial charge on any atom is 0.274 e. The van der Waals surface area contributed by atoms with Crippen LogP contribution in [0.5, 0.6) is 0 Å². The lowest BCUT2D eigenvalue weighted by molar-refractivity contribution is 0.102. The zero-order valence-corrected chi connectivity index (χ0v) is 9.63. The summed E-state index contributed by atoms with van der Waals surface area (Å²) in [7, 11) is 0. The van der Waals surface area contributed by atoms with E-state index in [0.717, 1.165) is 5.56 Å². The number of pyridine rings is 1. The van der Waals surface area contributed by atoms with Crippen molar-refractivity contribution in [3.63, 3.8) is 0 Å². The summed E-state index contributed by atoms with van der Waals surface area (Å²) < 4.78 is 0. The zero-order chi connectivity index (χ0) is 13.0. The molecule has 1 heterocycles. The van der Waals surface area contributed by atoms with Gasteiger partial charge in [0.15, 0.2) is 0 Å². The van der Waals surface area contributed by atoms with Crippen LogP contribution in [0.1, 0.15) is 16.1 Å². The lowest BCUT2D eigenvalue weighted by Gasteiger charge is -2.05. The largest absolute Gasteiger partial charge is 0.392 e. The number of anilines is 2. The number of aliphatic hydroxyl groups is 1. The summed E-state index contributed by atoms with van der Waals surface area (Å²) >= 11 is 0. The SMILES string of the molecule is Nc1cccc(C(=O)Nc2ccc(CO)cc2)n1. The van der Waals surface area contributed by atoms with Gasteiger partial charge in [0.1, 0.15) is 11.5 Å². The number of nitrogen functional groups attached to an aromatic ring is 1. The molecule has 92 valence electrons. The van der Waals surface area contributed by atoms with Gasteiger partial charge in [-0.05, 0) is 29.8 Å². The van der Waals surface area contributed by atoms with Gasteiger partial charge in [0.05, 0.1) is 6.61 Å². The van der Waals surface area contributed by atoms with Crippen LogP contribution in [-0.2, 0) is 6.61 Å². The number of aromatic nitrogens is 1. The molecule has 2 aromatic rings. The average Bonchev–Trinajstić information content (AvgIpc) is 2.39. The third-order valence-corrected chi connectivity index (χ3v) is 2.40. The van der Waals surface area contributed by atoms with Gasteiger partial charge in [-0.1, -0.05) is 18.2 Å². The van der Waals surface area contributed by atoms with Gasteiger partial charge in [0, 0.05) is 5.69 Å². The summed E-state index contributed by atoms with van der Waals surface area (Å²) in [5.74, 6) is -0.0164. The Bertz CT molecular complexity index is 552. The first-order valence-electron chi connectivity index (χ1n) is 5.43. The molecule has 5 nitrogen and oxygen atoms in total. The molecule has 0 aliphatic heterocycles. The van der Waals surface area contributed by atoms with E-state index < -0.39 is 0 Å². The van der Waals surface area contributed by atoms with Gasteiger partial charge in [-0.3, -0.25) is 4.79 Å². The molecule has 0 aliphatic rings. The standard InChI is InChI=1S/C13H13N3O2/c14-12-3-1-2-11(16-12)13(18)15-10-6-4-9(8-17)5-7-10/h1-7,17H,8H2,(H2,14,16)(H,15,18). The Morgan fingerprint density at radius 3 is 2.56 bits per heavy atom. The second-order valence-corrected chi connectivity index (χ2v) is 3.76. The van der Waals surface area contributed by atoms with E-state index >= 15 is 0 Å². The topological polar surface area (TPSA) is 88.2 Å². The van der Waals surface area contributed by atoms with Crippen molar-refractivity contribution in [3.8, 4) is 0 Å². The number of aliphatic hydroxyl groups excluding tert-OH is 1. The van der Waals surface area contributed by atoms with E-state index in [1.54, 1.807) is 42.5 Å². The number of benzene rings is 1. The summed E-state index contributed by atoms with van der Waals surface area (Å²) in [6.07, 6.45) is 0. The number of amides is 1. The number of nitrogens with zero attached hydrogens (tertiary/aromatic N) is 1. The van der Waals surface area contributed by atoms with Crippen LogP contribution in [0.2, 0.25) is 0 Å².